The van der Waals surface area contributed by atoms with Gasteiger partial charge < -0.3 is 20.1 Å². The first-order valence-corrected chi connectivity index (χ1v) is 8.42. The summed E-state index contributed by atoms with van der Waals surface area (Å²) in [6.07, 6.45) is 1.63. The number of methoxy groups -OCH3 is 2. The van der Waals surface area contributed by atoms with Gasteiger partial charge in [-0.3, -0.25) is 4.79 Å². The highest BCUT2D eigenvalue weighted by Gasteiger charge is 2.12. The van der Waals surface area contributed by atoms with Crippen molar-refractivity contribution in [3.63, 3.8) is 0 Å². The number of carbonyl (C=O) groups is 1. The predicted octanol–water partition coefficient (Wildman–Crippen LogP) is 4.40. The van der Waals surface area contributed by atoms with Crippen LogP contribution in [0.5, 0.6) is 11.5 Å². The van der Waals surface area contributed by atoms with Gasteiger partial charge >= 0.3 is 0 Å². The fraction of sp³-hybridized carbons (Fsp3) is 0.143. The number of nitrogens with one attached hydrogen (secondary N) is 2. The molecule has 2 N–H and O–H groups in total. The highest BCUT2D eigenvalue weighted by molar-refractivity contribution is 6.03. The van der Waals surface area contributed by atoms with Gasteiger partial charge in [0.2, 0.25) is 0 Å². The second kappa shape index (κ2) is 8.23. The van der Waals surface area contributed by atoms with E-state index in [9.17, 15) is 4.79 Å². The summed E-state index contributed by atoms with van der Waals surface area (Å²) in [7, 11) is 3.11. The lowest BCUT2D eigenvalue weighted by atomic mass is 10.2. The fourth-order valence-electron chi connectivity index (χ4n) is 2.58. The average molecular weight is 363 g/mol. The summed E-state index contributed by atoms with van der Waals surface area (Å²) in [4.78, 5) is 16.7. The van der Waals surface area contributed by atoms with Crippen LogP contribution in [0, 0.1) is 6.92 Å². The predicted molar refractivity (Wildman–Crippen MR) is 106 cm³/mol. The Labute approximate surface area is 158 Å². The number of pyridine rings is 1. The van der Waals surface area contributed by atoms with E-state index in [0.717, 1.165) is 16.9 Å². The summed E-state index contributed by atoms with van der Waals surface area (Å²) in [6, 6.07) is 16.7. The zero-order valence-corrected chi connectivity index (χ0v) is 15.4. The van der Waals surface area contributed by atoms with Crippen LogP contribution in [-0.4, -0.2) is 25.1 Å². The number of aryl methyl sites for hydroxylation is 1. The molecule has 1 amide bonds. The molecule has 0 saturated carbocycles. The van der Waals surface area contributed by atoms with Crippen LogP contribution in [0.15, 0.2) is 60.8 Å². The van der Waals surface area contributed by atoms with Gasteiger partial charge in [0.05, 0.1) is 31.8 Å². The van der Waals surface area contributed by atoms with Gasteiger partial charge in [-0.1, -0.05) is 12.1 Å². The van der Waals surface area contributed by atoms with E-state index >= 15 is 0 Å². The Hall–Kier alpha value is -3.54. The molecular weight excluding hydrogens is 342 g/mol. The van der Waals surface area contributed by atoms with E-state index in [1.807, 2.05) is 37.3 Å². The molecule has 3 rings (SSSR count). The molecule has 0 radical (unpaired) electrons. The number of ether oxygens (including phenoxy) is 2. The third-order valence-electron chi connectivity index (χ3n) is 3.96. The van der Waals surface area contributed by atoms with Crippen LogP contribution in [0.3, 0.4) is 0 Å². The molecule has 6 heteroatoms. The molecule has 0 spiro atoms. The SMILES string of the molecule is COc1ccc(NC(=O)c2ccc(Nc3cccc(C)c3)cn2)c(OC)c1. The molecule has 0 fully saturated rings. The molecule has 138 valence electrons. The largest absolute Gasteiger partial charge is 0.497 e. The first-order chi connectivity index (χ1) is 13.1. The molecule has 0 unspecified atom stereocenters. The van der Waals surface area contributed by atoms with Crippen LogP contribution < -0.4 is 20.1 Å². The van der Waals surface area contributed by atoms with Crippen LogP contribution in [0.2, 0.25) is 0 Å². The lowest BCUT2D eigenvalue weighted by molar-refractivity contribution is 0.102. The van der Waals surface area contributed by atoms with E-state index in [2.05, 4.69) is 15.6 Å². The van der Waals surface area contributed by atoms with Crippen molar-refractivity contribution < 1.29 is 14.3 Å². The van der Waals surface area contributed by atoms with E-state index in [1.54, 1.807) is 37.6 Å². The molecule has 0 aliphatic heterocycles. The maximum Gasteiger partial charge on any atom is 0.274 e. The van der Waals surface area contributed by atoms with Crippen LogP contribution in [0.25, 0.3) is 0 Å². The van der Waals surface area contributed by atoms with Gasteiger partial charge in [-0.2, -0.15) is 0 Å². The maximum absolute atomic E-state index is 12.5. The first kappa shape index (κ1) is 18.3. The number of benzene rings is 2. The average Bonchev–Trinajstić information content (AvgIpc) is 2.69. The van der Waals surface area contributed by atoms with E-state index in [0.29, 0.717) is 22.9 Å². The Morgan fingerprint density at radius 3 is 2.48 bits per heavy atom. The zero-order chi connectivity index (χ0) is 19.2. The number of rotatable bonds is 6. The molecule has 6 nitrogen and oxygen atoms in total. The van der Waals surface area contributed by atoms with Gasteiger partial charge in [-0.05, 0) is 48.9 Å². The Morgan fingerprint density at radius 1 is 0.963 bits per heavy atom. The van der Waals surface area contributed by atoms with Crippen molar-refractivity contribution in [1.29, 1.82) is 0 Å². The standard InChI is InChI=1S/C21H21N3O3/c1-14-5-4-6-15(11-14)23-16-7-9-19(22-13-16)21(25)24-18-10-8-17(26-2)12-20(18)27-3/h4-13,23H,1-3H3,(H,24,25). The number of anilines is 3. The number of aromatic nitrogens is 1. The third-order valence-corrected chi connectivity index (χ3v) is 3.96. The van der Waals surface area contributed by atoms with Crippen molar-refractivity contribution in [2.24, 2.45) is 0 Å². The molecule has 1 heterocycles. The van der Waals surface area contributed by atoms with Gasteiger partial charge in [-0.25, -0.2) is 4.98 Å². The summed E-state index contributed by atoms with van der Waals surface area (Å²) < 4.78 is 10.5. The molecule has 0 aliphatic rings. The van der Waals surface area contributed by atoms with Crippen molar-refractivity contribution in [2.75, 3.05) is 24.9 Å². The number of amides is 1. The minimum absolute atomic E-state index is 0.308. The van der Waals surface area contributed by atoms with Gasteiger partial charge in [0, 0.05) is 11.8 Å². The second-order valence-electron chi connectivity index (χ2n) is 5.95. The van der Waals surface area contributed by atoms with Crippen LogP contribution in [0.4, 0.5) is 17.1 Å². The van der Waals surface area contributed by atoms with Crippen molar-refractivity contribution in [1.82, 2.24) is 4.98 Å². The monoisotopic (exact) mass is 363 g/mol. The van der Waals surface area contributed by atoms with Crippen molar-refractivity contribution in [2.45, 2.75) is 6.92 Å². The number of hydrogen-bond acceptors (Lipinski definition) is 5. The van der Waals surface area contributed by atoms with Crippen LogP contribution in [-0.2, 0) is 0 Å². The van der Waals surface area contributed by atoms with Crippen molar-refractivity contribution in [3.8, 4) is 11.5 Å². The molecular formula is C21H21N3O3. The lowest BCUT2D eigenvalue weighted by Gasteiger charge is -2.12. The summed E-state index contributed by atoms with van der Waals surface area (Å²) >= 11 is 0. The Kier molecular flexibility index (Phi) is 5.56. The van der Waals surface area contributed by atoms with Gasteiger partial charge in [0.1, 0.15) is 17.2 Å². The van der Waals surface area contributed by atoms with Gasteiger partial charge in [0.15, 0.2) is 0 Å². The van der Waals surface area contributed by atoms with E-state index < -0.39 is 0 Å². The molecule has 0 bridgehead atoms. The van der Waals surface area contributed by atoms with Crippen molar-refractivity contribution in [3.05, 3.63) is 72.1 Å². The Bertz CT molecular complexity index is 940. The quantitative estimate of drug-likeness (QED) is 0.679. The molecule has 0 atom stereocenters. The molecule has 3 aromatic rings. The summed E-state index contributed by atoms with van der Waals surface area (Å²) in [5.74, 6) is 0.843. The molecule has 1 aromatic heterocycles. The minimum Gasteiger partial charge on any atom is -0.497 e. The Balaban J connectivity index is 1.71. The van der Waals surface area contributed by atoms with Gasteiger partial charge in [0.25, 0.3) is 5.91 Å². The highest BCUT2D eigenvalue weighted by Crippen LogP contribution is 2.29. The van der Waals surface area contributed by atoms with E-state index in [-0.39, 0.29) is 5.91 Å². The minimum atomic E-state index is -0.319. The maximum atomic E-state index is 12.5. The summed E-state index contributed by atoms with van der Waals surface area (Å²) in [5.41, 5.74) is 3.79. The normalized spacial score (nSPS) is 10.2. The van der Waals surface area contributed by atoms with E-state index in [4.69, 9.17) is 9.47 Å². The number of hydrogen-bond donors (Lipinski definition) is 2. The topological polar surface area (TPSA) is 72.5 Å². The summed E-state index contributed by atoms with van der Waals surface area (Å²) in [5, 5.41) is 6.07. The molecule has 27 heavy (non-hydrogen) atoms. The molecule has 2 aromatic carbocycles. The molecule has 0 aliphatic carbocycles. The second-order valence-corrected chi connectivity index (χ2v) is 5.95. The third kappa shape index (κ3) is 4.55. The smallest absolute Gasteiger partial charge is 0.274 e. The van der Waals surface area contributed by atoms with Crippen LogP contribution >= 0.6 is 0 Å². The van der Waals surface area contributed by atoms with Crippen molar-refractivity contribution >= 4 is 23.0 Å². The zero-order valence-electron chi connectivity index (χ0n) is 15.4. The van der Waals surface area contributed by atoms with Crippen LogP contribution in [0.1, 0.15) is 16.1 Å². The highest BCUT2D eigenvalue weighted by atomic mass is 16.5. The Morgan fingerprint density at radius 2 is 1.81 bits per heavy atom. The number of nitrogens with zero attached hydrogens (tertiary/aromatic N) is 1. The summed E-state index contributed by atoms with van der Waals surface area (Å²) in [6.45, 7) is 2.03. The number of carbonyl (C=O) groups excluding carboxylic acids is 1. The lowest BCUT2D eigenvalue weighted by Crippen LogP contribution is -2.14. The molecule has 0 saturated heterocycles. The van der Waals surface area contributed by atoms with Gasteiger partial charge in [-0.15, -0.1) is 0 Å². The fourth-order valence-corrected chi connectivity index (χ4v) is 2.58. The van der Waals surface area contributed by atoms with E-state index in [1.165, 1.54) is 7.11 Å². The first-order valence-electron chi connectivity index (χ1n) is 8.42.